The zero-order valence-corrected chi connectivity index (χ0v) is 17.9. The molecule has 13 heteroatoms. The molecule has 0 spiro atoms. The minimum atomic E-state index is -4.05. The second-order valence-electron chi connectivity index (χ2n) is 6.67. The number of imidazole rings is 1. The Morgan fingerprint density at radius 3 is 2.20 bits per heavy atom. The van der Waals surface area contributed by atoms with Gasteiger partial charge < -0.3 is 9.13 Å². The van der Waals surface area contributed by atoms with Gasteiger partial charge in [0.2, 0.25) is 31.9 Å². The lowest BCUT2D eigenvalue weighted by atomic mass is 10.3. The van der Waals surface area contributed by atoms with Crippen LogP contribution in [-0.2, 0) is 37.9 Å². The number of carbonyl (C=O) groups excluding carboxylic acids is 1. The van der Waals surface area contributed by atoms with E-state index in [0.717, 1.165) is 23.4 Å². The zero-order chi connectivity index (χ0) is 21.7. The van der Waals surface area contributed by atoms with Crippen LogP contribution in [-0.4, -0.2) is 57.5 Å². The van der Waals surface area contributed by atoms with E-state index in [2.05, 4.69) is 14.4 Å². The highest BCUT2D eigenvalue weighted by atomic mass is 32.2. The number of amides is 1. The summed E-state index contributed by atoms with van der Waals surface area (Å²) in [6.45, 7) is 0.775. The van der Waals surface area contributed by atoms with Gasteiger partial charge in [0.05, 0.1) is 11.0 Å². The maximum Gasteiger partial charge on any atom is 0.249 e. The number of fused-ring (bicyclic) bond motifs is 3. The van der Waals surface area contributed by atoms with E-state index in [0.29, 0.717) is 19.0 Å². The van der Waals surface area contributed by atoms with Crippen LogP contribution in [0.25, 0.3) is 11.0 Å². The Hall–Kier alpha value is -2.74. The molecule has 2 N–H and O–H groups in total. The van der Waals surface area contributed by atoms with Crippen molar-refractivity contribution >= 4 is 42.9 Å². The molecule has 0 atom stereocenters. The number of benzene rings is 1. The van der Waals surface area contributed by atoms with E-state index in [-0.39, 0.29) is 12.5 Å². The van der Waals surface area contributed by atoms with Crippen molar-refractivity contribution in [2.75, 3.05) is 25.5 Å². The molecule has 0 fully saturated rings. The average molecular weight is 453 g/mol. The molecule has 3 heterocycles. The van der Waals surface area contributed by atoms with Crippen LogP contribution in [0.2, 0.25) is 0 Å². The first-order valence-electron chi connectivity index (χ1n) is 9.00. The van der Waals surface area contributed by atoms with Crippen LogP contribution >= 0.6 is 0 Å². The third-order valence-corrected chi connectivity index (χ3v) is 7.98. The summed E-state index contributed by atoms with van der Waals surface area (Å²) in [6.07, 6.45) is 2.26. The van der Waals surface area contributed by atoms with Gasteiger partial charge in [-0.15, -0.1) is 0 Å². The molecule has 160 valence electrons. The third kappa shape index (κ3) is 3.29. The summed E-state index contributed by atoms with van der Waals surface area (Å²) in [6, 6.07) is 7.55. The molecule has 1 aromatic carbocycles. The molecule has 3 aromatic rings. The van der Waals surface area contributed by atoms with Gasteiger partial charge in [-0.25, -0.2) is 31.3 Å². The quantitative estimate of drug-likeness (QED) is 0.527. The van der Waals surface area contributed by atoms with E-state index in [9.17, 15) is 21.6 Å². The molecule has 4 rings (SSSR count). The summed E-state index contributed by atoms with van der Waals surface area (Å²) in [5.41, 5.74) is 1.70. The largest absolute Gasteiger partial charge is 0.342 e. The van der Waals surface area contributed by atoms with Crippen molar-refractivity contribution in [3.05, 3.63) is 36.7 Å². The smallest absolute Gasteiger partial charge is 0.249 e. The number of carbonyl (C=O) groups is 1. The van der Waals surface area contributed by atoms with Gasteiger partial charge in [0.1, 0.15) is 16.3 Å². The van der Waals surface area contributed by atoms with E-state index >= 15 is 0 Å². The number of aromatic nitrogens is 3. The molecule has 0 radical (unpaired) electrons. The normalized spacial score (nSPS) is 14.4. The highest BCUT2D eigenvalue weighted by molar-refractivity contribution is 7.92. The minimum absolute atomic E-state index is 0.241. The molecule has 0 bridgehead atoms. The number of nitrogens with zero attached hydrogens (tertiary/aromatic N) is 4. The molecule has 0 unspecified atom stereocenters. The molecule has 2 aromatic heterocycles. The highest BCUT2D eigenvalue weighted by Crippen LogP contribution is 2.28. The standard InChI is InChI=1S/C17H20N6O5S2/c1-18-29(25,26)14-9-21(10-15(14)30(27,28)19-2)11-16(24)23-8-7-22-13-6-4-3-5-12(13)20-17(22)23/h3-6,9-10,18-19H,7-8,11H2,1-2H3. The van der Waals surface area contributed by atoms with E-state index < -0.39 is 29.8 Å². The van der Waals surface area contributed by atoms with Crippen LogP contribution in [0.1, 0.15) is 0 Å². The lowest BCUT2D eigenvalue weighted by molar-refractivity contribution is -0.119. The highest BCUT2D eigenvalue weighted by Gasteiger charge is 2.31. The van der Waals surface area contributed by atoms with Gasteiger partial charge in [-0.05, 0) is 26.2 Å². The maximum absolute atomic E-state index is 12.9. The predicted molar refractivity (Wildman–Crippen MR) is 109 cm³/mol. The van der Waals surface area contributed by atoms with Crippen LogP contribution < -0.4 is 14.3 Å². The van der Waals surface area contributed by atoms with Crippen LogP contribution in [0.15, 0.2) is 46.5 Å². The summed E-state index contributed by atoms with van der Waals surface area (Å²) in [4.78, 5) is 18.1. The Morgan fingerprint density at radius 1 is 1.00 bits per heavy atom. The monoisotopic (exact) mass is 452 g/mol. The Kier molecular flexibility index (Phi) is 4.92. The molecular weight excluding hydrogens is 432 g/mol. The molecule has 1 amide bonds. The Bertz CT molecular complexity index is 1300. The fourth-order valence-electron chi connectivity index (χ4n) is 3.45. The van der Waals surface area contributed by atoms with Crippen LogP contribution in [0, 0.1) is 0 Å². The summed E-state index contributed by atoms with van der Waals surface area (Å²) in [7, 11) is -5.74. The van der Waals surface area contributed by atoms with Crippen LogP contribution in [0.5, 0.6) is 0 Å². The zero-order valence-electron chi connectivity index (χ0n) is 16.2. The van der Waals surface area contributed by atoms with Crippen molar-refractivity contribution < 1.29 is 21.6 Å². The topological polar surface area (TPSA) is 135 Å². The molecule has 0 aliphatic carbocycles. The van der Waals surface area contributed by atoms with E-state index in [1.54, 1.807) is 0 Å². The summed E-state index contributed by atoms with van der Waals surface area (Å²) in [5, 5.41) is 0. The molecule has 0 saturated heterocycles. The van der Waals surface area contributed by atoms with Crippen LogP contribution in [0.4, 0.5) is 5.95 Å². The Morgan fingerprint density at radius 2 is 1.60 bits per heavy atom. The number of rotatable bonds is 6. The fourth-order valence-corrected chi connectivity index (χ4v) is 5.73. The number of anilines is 1. The van der Waals surface area contributed by atoms with Gasteiger partial charge >= 0.3 is 0 Å². The maximum atomic E-state index is 12.9. The van der Waals surface area contributed by atoms with Gasteiger partial charge in [-0.1, -0.05) is 12.1 Å². The Balaban J connectivity index is 1.68. The minimum Gasteiger partial charge on any atom is -0.342 e. The number of sulfonamides is 2. The Labute approximate surface area is 173 Å². The van der Waals surface area contributed by atoms with Gasteiger partial charge in [0, 0.05) is 25.5 Å². The van der Waals surface area contributed by atoms with Crippen molar-refractivity contribution in [2.45, 2.75) is 22.9 Å². The third-order valence-electron chi connectivity index (χ3n) is 4.97. The lowest BCUT2D eigenvalue weighted by Crippen LogP contribution is -2.32. The van der Waals surface area contributed by atoms with Crippen molar-refractivity contribution in [2.24, 2.45) is 0 Å². The van der Waals surface area contributed by atoms with E-state index in [1.807, 2.05) is 28.8 Å². The number of hydrogen-bond donors (Lipinski definition) is 2. The van der Waals surface area contributed by atoms with Crippen molar-refractivity contribution in [1.29, 1.82) is 0 Å². The van der Waals surface area contributed by atoms with Gasteiger partial charge in [-0.2, -0.15) is 0 Å². The molecule has 11 nitrogen and oxygen atoms in total. The SMILES string of the molecule is CNS(=O)(=O)c1cn(CC(=O)N2CCn3c2nc2ccccc23)cc1S(=O)(=O)NC. The van der Waals surface area contributed by atoms with Gasteiger partial charge in [0.15, 0.2) is 0 Å². The summed E-state index contributed by atoms with van der Waals surface area (Å²) >= 11 is 0. The first-order valence-corrected chi connectivity index (χ1v) is 12.0. The molecule has 1 aliphatic heterocycles. The van der Waals surface area contributed by atoms with Gasteiger partial charge in [0.25, 0.3) is 0 Å². The van der Waals surface area contributed by atoms with Crippen molar-refractivity contribution in [3.63, 3.8) is 0 Å². The number of nitrogens with one attached hydrogen (secondary N) is 2. The van der Waals surface area contributed by atoms with Gasteiger partial charge in [-0.3, -0.25) is 9.69 Å². The predicted octanol–water partition coefficient (Wildman–Crippen LogP) is -0.299. The van der Waals surface area contributed by atoms with Crippen LogP contribution in [0.3, 0.4) is 0 Å². The summed E-state index contributed by atoms with van der Waals surface area (Å²) < 4.78 is 56.5. The number of hydrogen-bond acceptors (Lipinski definition) is 6. The molecule has 30 heavy (non-hydrogen) atoms. The first kappa shape index (κ1) is 20.5. The molecular formula is C17H20N6O5S2. The fraction of sp³-hybridized carbons (Fsp3) is 0.294. The second kappa shape index (κ2) is 7.19. The van der Waals surface area contributed by atoms with E-state index in [4.69, 9.17) is 0 Å². The molecule has 0 saturated carbocycles. The van der Waals surface area contributed by atoms with E-state index in [1.165, 1.54) is 23.6 Å². The summed E-state index contributed by atoms with van der Waals surface area (Å²) in [5.74, 6) is 0.181. The van der Waals surface area contributed by atoms with Crippen molar-refractivity contribution in [3.8, 4) is 0 Å². The molecule has 1 aliphatic rings. The van der Waals surface area contributed by atoms with Crippen molar-refractivity contribution in [1.82, 2.24) is 23.6 Å². The number of para-hydroxylation sites is 2. The average Bonchev–Trinajstić information content (AvgIpc) is 3.41. The first-order chi connectivity index (χ1) is 14.2. The second-order valence-corrected chi connectivity index (χ2v) is 10.4. The lowest BCUT2D eigenvalue weighted by Gasteiger charge is -2.14.